The monoisotopic (exact) mass is 205 g/mol. The summed E-state index contributed by atoms with van der Waals surface area (Å²) in [6.07, 6.45) is 2.32. The molecule has 0 N–H and O–H groups in total. The number of anilines is 1. The van der Waals surface area contributed by atoms with Gasteiger partial charge in [0.1, 0.15) is 18.6 Å². The lowest BCUT2D eigenvalue weighted by Gasteiger charge is -2.27. The SMILES string of the molecule is CN1CCOc2cc(CCC=O)ccc21. The number of carbonyl (C=O) groups is 1. The lowest BCUT2D eigenvalue weighted by molar-refractivity contribution is -0.107. The Morgan fingerprint density at radius 2 is 2.40 bits per heavy atom. The number of likely N-dealkylation sites (N-methyl/N-ethyl adjacent to an activating group) is 1. The number of aldehydes is 1. The molecule has 0 amide bonds. The molecule has 0 saturated carbocycles. The second-order valence-corrected chi connectivity index (χ2v) is 3.78. The predicted molar refractivity (Wildman–Crippen MR) is 59.6 cm³/mol. The van der Waals surface area contributed by atoms with Gasteiger partial charge in [-0.2, -0.15) is 0 Å². The van der Waals surface area contributed by atoms with Crippen molar-refractivity contribution >= 4 is 12.0 Å². The Bertz CT molecular complexity index is 363. The van der Waals surface area contributed by atoms with Crippen LogP contribution in [0, 0.1) is 0 Å². The number of ether oxygens (including phenoxy) is 1. The van der Waals surface area contributed by atoms with Gasteiger partial charge >= 0.3 is 0 Å². The standard InChI is InChI=1S/C12H15NO2/c1-13-6-8-15-12-9-10(3-2-7-14)4-5-11(12)13/h4-5,7,9H,2-3,6,8H2,1H3. The van der Waals surface area contributed by atoms with Gasteiger partial charge in [0.15, 0.2) is 0 Å². The molecule has 0 radical (unpaired) electrons. The fraction of sp³-hybridized carbons (Fsp3) is 0.417. The average Bonchev–Trinajstić information content (AvgIpc) is 2.26. The van der Waals surface area contributed by atoms with Gasteiger partial charge in [-0.1, -0.05) is 6.07 Å². The summed E-state index contributed by atoms with van der Waals surface area (Å²) in [4.78, 5) is 12.5. The fourth-order valence-corrected chi connectivity index (χ4v) is 1.78. The maximum Gasteiger partial charge on any atom is 0.142 e. The lowest BCUT2D eigenvalue weighted by Crippen LogP contribution is -2.28. The second kappa shape index (κ2) is 4.34. The molecule has 1 aliphatic rings. The third-order valence-electron chi connectivity index (χ3n) is 2.67. The van der Waals surface area contributed by atoms with Crippen LogP contribution in [0.1, 0.15) is 12.0 Å². The van der Waals surface area contributed by atoms with E-state index in [1.165, 1.54) is 0 Å². The lowest BCUT2D eigenvalue weighted by atomic mass is 10.1. The number of nitrogens with zero attached hydrogens (tertiary/aromatic N) is 1. The van der Waals surface area contributed by atoms with Crippen molar-refractivity contribution in [3.8, 4) is 5.75 Å². The van der Waals surface area contributed by atoms with Crippen LogP contribution in [-0.2, 0) is 11.2 Å². The van der Waals surface area contributed by atoms with Gasteiger partial charge in [-0.3, -0.25) is 0 Å². The predicted octanol–water partition coefficient (Wildman–Crippen LogP) is 1.65. The van der Waals surface area contributed by atoms with E-state index < -0.39 is 0 Å². The minimum Gasteiger partial charge on any atom is -0.490 e. The zero-order chi connectivity index (χ0) is 10.7. The average molecular weight is 205 g/mol. The molecule has 1 aromatic rings. The molecule has 80 valence electrons. The van der Waals surface area contributed by atoms with Gasteiger partial charge in [0.25, 0.3) is 0 Å². The summed E-state index contributed by atoms with van der Waals surface area (Å²) in [5.41, 5.74) is 2.30. The first-order valence-electron chi connectivity index (χ1n) is 5.22. The molecule has 0 bridgehead atoms. The van der Waals surface area contributed by atoms with Crippen LogP contribution in [-0.4, -0.2) is 26.5 Å². The highest BCUT2D eigenvalue weighted by Crippen LogP contribution is 2.31. The molecule has 0 unspecified atom stereocenters. The topological polar surface area (TPSA) is 29.5 Å². The zero-order valence-corrected chi connectivity index (χ0v) is 8.90. The highest BCUT2D eigenvalue weighted by Gasteiger charge is 2.14. The molecule has 2 rings (SSSR count). The van der Waals surface area contributed by atoms with Crippen LogP contribution >= 0.6 is 0 Å². The first kappa shape index (κ1) is 10.0. The Balaban J connectivity index is 2.21. The quantitative estimate of drug-likeness (QED) is 0.703. The Labute approximate surface area is 89.7 Å². The van der Waals surface area contributed by atoms with E-state index >= 15 is 0 Å². The number of hydrogen-bond donors (Lipinski definition) is 0. The van der Waals surface area contributed by atoms with E-state index in [4.69, 9.17) is 4.74 Å². The molecular weight excluding hydrogens is 190 g/mol. The van der Waals surface area contributed by atoms with Crippen LogP contribution in [0.2, 0.25) is 0 Å². The molecule has 0 aromatic heterocycles. The molecule has 0 atom stereocenters. The van der Waals surface area contributed by atoms with E-state index in [-0.39, 0.29) is 0 Å². The van der Waals surface area contributed by atoms with Gasteiger partial charge in [-0.05, 0) is 24.1 Å². The van der Waals surface area contributed by atoms with E-state index in [1.807, 2.05) is 6.07 Å². The van der Waals surface area contributed by atoms with Crippen LogP contribution < -0.4 is 9.64 Å². The summed E-state index contributed by atoms with van der Waals surface area (Å²) in [5.74, 6) is 0.937. The largest absolute Gasteiger partial charge is 0.490 e. The number of carbonyl (C=O) groups excluding carboxylic acids is 1. The van der Waals surface area contributed by atoms with Gasteiger partial charge < -0.3 is 14.4 Å². The molecule has 0 saturated heterocycles. The number of aryl methyl sites for hydroxylation is 1. The molecule has 1 aliphatic heterocycles. The molecule has 1 heterocycles. The van der Waals surface area contributed by atoms with Crippen molar-refractivity contribution in [1.82, 2.24) is 0 Å². The van der Waals surface area contributed by atoms with Crippen LogP contribution in [0.15, 0.2) is 18.2 Å². The number of benzene rings is 1. The molecule has 0 fully saturated rings. The molecular formula is C12H15NO2. The van der Waals surface area contributed by atoms with Crippen molar-refractivity contribution < 1.29 is 9.53 Å². The first-order chi connectivity index (χ1) is 7.31. The first-order valence-corrected chi connectivity index (χ1v) is 5.22. The summed E-state index contributed by atoms with van der Waals surface area (Å²) in [5, 5.41) is 0. The minimum atomic E-state index is 0.578. The summed E-state index contributed by atoms with van der Waals surface area (Å²) in [6.45, 7) is 1.67. The number of hydrogen-bond acceptors (Lipinski definition) is 3. The smallest absolute Gasteiger partial charge is 0.142 e. The Morgan fingerprint density at radius 3 is 3.20 bits per heavy atom. The molecule has 1 aromatic carbocycles. The van der Waals surface area contributed by atoms with Crippen molar-refractivity contribution in [2.45, 2.75) is 12.8 Å². The molecule has 0 spiro atoms. The number of fused-ring (bicyclic) bond motifs is 1. The summed E-state index contributed by atoms with van der Waals surface area (Å²) in [7, 11) is 2.06. The van der Waals surface area contributed by atoms with Crippen molar-refractivity contribution in [3.05, 3.63) is 23.8 Å². The Morgan fingerprint density at radius 1 is 1.53 bits per heavy atom. The molecule has 0 aliphatic carbocycles. The van der Waals surface area contributed by atoms with E-state index in [0.717, 1.165) is 42.9 Å². The van der Waals surface area contributed by atoms with Gasteiger partial charge in [0, 0.05) is 13.5 Å². The van der Waals surface area contributed by atoms with Gasteiger partial charge in [0.2, 0.25) is 0 Å². The zero-order valence-electron chi connectivity index (χ0n) is 8.90. The van der Waals surface area contributed by atoms with Crippen molar-refractivity contribution in [2.24, 2.45) is 0 Å². The molecule has 3 heteroatoms. The van der Waals surface area contributed by atoms with Crippen LogP contribution in [0.3, 0.4) is 0 Å². The molecule has 3 nitrogen and oxygen atoms in total. The highest BCUT2D eigenvalue weighted by molar-refractivity contribution is 5.61. The van der Waals surface area contributed by atoms with E-state index in [9.17, 15) is 4.79 Å². The third-order valence-corrected chi connectivity index (χ3v) is 2.67. The van der Waals surface area contributed by atoms with Crippen LogP contribution in [0.5, 0.6) is 5.75 Å². The second-order valence-electron chi connectivity index (χ2n) is 3.78. The fourth-order valence-electron chi connectivity index (χ4n) is 1.78. The Hall–Kier alpha value is -1.51. The van der Waals surface area contributed by atoms with Crippen LogP contribution in [0.4, 0.5) is 5.69 Å². The summed E-state index contributed by atoms with van der Waals surface area (Å²) in [6, 6.07) is 6.16. The maximum atomic E-state index is 10.3. The summed E-state index contributed by atoms with van der Waals surface area (Å²) >= 11 is 0. The van der Waals surface area contributed by atoms with Crippen molar-refractivity contribution in [2.75, 3.05) is 25.1 Å². The van der Waals surface area contributed by atoms with Gasteiger partial charge in [-0.15, -0.1) is 0 Å². The van der Waals surface area contributed by atoms with Crippen molar-refractivity contribution in [1.29, 1.82) is 0 Å². The third kappa shape index (κ3) is 2.12. The van der Waals surface area contributed by atoms with E-state index in [0.29, 0.717) is 6.42 Å². The minimum absolute atomic E-state index is 0.578. The highest BCUT2D eigenvalue weighted by atomic mass is 16.5. The van der Waals surface area contributed by atoms with Gasteiger partial charge in [-0.25, -0.2) is 0 Å². The van der Waals surface area contributed by atoms with E-state index in [1.54, 1.807) is 0 Å². The number of rotatable bonds is 3. The van der Waals surface area contributed by atoms with Gasteiger partial charge in [0.05, 0.1) is 12.2 Å². The maximum absolute atomic E-state index is 10.3. The van der Waals surface area contributed by atoms with E-state index in [2.05, 4.69) is 24.1 Å². The Kier molecular flexibility index (Phi) is 2.90. The summed E-state index contributed by atoms with van der Waals surface area (Å²) < 4.78 is 5.58. The molecule has 15 heavy (non-hydrogen) atoms. The van der Waals surface area contributed by atoms with Crippen LogP contribution in [0.25, 0.3) is 0 Å². The normalized spacial score (nSPS) is 14.3. The van der Waals surface area contributed by atoms with Crippen molar-refractivity contribution in [3.63, 3.8) is 0 Å².